The number of aromatic nitrogens is 2. The van der Waals surface area contributed by atoms with Crippen LogP contribution in [0.25, 0.3) is 0 Å². The van der Waals surface area contributed by atoms with Crippen LogP contribution in [0.5, 0.6) is 0 Å². The Morgan fingerprint density at radius 1 is 1.17 bits per heavy atom. The standard InChI is InChI=1S/C15H24F3N5O/c1-14(2,3)22-13-20-11(15(16,17)18)10-12(21-13)19-4-5-23-6-8-24-9-7-23/h10H,4-9H2,1-3H3,(H2,19,20,21,22). The molecule has 0 saturated carbocycles. The van der Waals surface area contributed by atoms with Gasteiger partial charge in [0.1, 0.15) is 5.82 Å². The normalized spacial score (nSPS) is 16.9. The molecule has 9 heteroatoms. The first-order valence-electron chi connectivity index (χ1n) is 7.92. The number of halogens is 3. The number of alkyl halides is 3. The second kappa shape index (κ2) is 7.52. The minimum absolute atomic E-state index is 0.0359. The lowest BCUT2D eigenvalue weighted by Gasteiger charge is -2.26. The molecule has 0 atom stereocenters. The van der Waals surface area contributed by atoms with Crippen LogP contribution in [0.15, 0.2) is 6.07 Å². The van der Waals surface area contributed by atoms with Crippen molar-refractivity contribution in [1.29, 1.82) is 0 Å². The molecule has 1 aliphatic rings. The molecule has 0 unspecified atom stereocenters. The van der Waals surface area contributed by atoms with Gasteiger partial charge < -0.3 is 15.4 Å². The molecule has 24 heavy (non-hydrogen) atoms. The molecular formula is C15H24F3N5O. The molecule has 1 aromatic heterocycles. The van der Waals surface area contributed by atoms with Gasteiger partial charge in [-0.2, -0.15) is 18.2 Å². The molecular weight excluding hydrogens is 323 g/mol. The molecule has 136 valence electrons. The monoisotopic (exact) mass is 347 g/mol. The smallest absolute Gasteiger partial charge is 0.379 e. The summed E-state index contributed by atoms with van der Waals surface area (Å²) < 4.78 is 44.3. The third kappa shape index (κ3) is 6.12. The highest BCUT2D eigenvalue weighted by Gasteiger charge is 2.34. The van der Waals surface area contributed by atoms with Crippen molar-refractivity contribution >= 4 is 11.8 Å². The van der Waals surface area contributed by atoms with Crippen LogP contribution >= 0.6 is 0 Å². The summed E-state index contributed by atoms with van der Waals surface area (Å²) in [5.41, 5.74) is -1.40. The van der Waals surface area contributed by atoms with Gasteiger partial charge in [-0.25, -0.2) is 4.98 Å². The van der Waals surface area contributed by atoms with E-state index < -0.39 is 17.4 Å². The number of rotatable bonds is 5. The van der Waals surface area contributed by atoms with Crippen LogP contribution in [0.3, 0.4) is 0 Å². The Kier molecular flexibility index (Phi) is 5.87. The average molecular weight is 347 g/mol. The van der Waals surface area contributed by atoms with Gasteiger partial charge in [-0.1, -0.05) is 0 Å². The number of ether oxygens (including phenoxy) is 1. The highest BCUT2D eigenvalue weighted by atomic mass is 19.4. The fraction of sp³-hybridized carbons (Fsp3) is 0.733. The minimum atomic E-state index is -4.52. The first-order valence-corrected chi connectivity index (χ1v) is 7.92. The second-order valence-electron chi connectivity index (χ2n) is 6.72. The fourth-order valence-corrected chi connectivity index (χ4v) is 2.24. The molecule has 0 radical (unpaired) electrons. The Hall–Kier alpha value is -1.61. The number of hydrogen-bond donors (Lipinski definition) is 2. The van der Waals surface area contributed by atoms with Gasteiger partial charge in [0.2, 0.25) is 5.95 Å². The van der Waals surface area contributed by atoms with Crippen molar-refractivity contribution < 1.29 is 17.9 Å². The van der Waals surface area contributed by atoms with Crippen LogP contribution in [0.1, 0.15) is 26.5 Å². The van der Waals surface area contributed by atoms with E-state index in [0.29, 0.717) is 19.8 Å². The summed E-state index contributed by atoms with van der Waals surface area (Å²) in [6.45, 7) is 9.76. The van der Waals surface area contributed by atoms with Crippen LogP contribution in [-0.2, 0) is 10.9 Å². The summed E-state index contributed by atoms with van der Waals surface area (Å²) in [6.07, 6.45) is -4.52. The van der Waals surface area contributed by atoms with Crippen molar-refractivity contribution in [2.75, 3.05) is 50.0 Å². The highest BCUT2D eigenvalue weighted by Crippen LogP contribution is 2.30. The Balaban J connectivity index is 2.05. The van der Waals surface area contributed by atoms with Gasteiger partial charge in [-0.15, -0.1) is 0 Å². The zero-order valence-electron chi connectivity index (χ0n) is 14.2. The van der Waals surface area contributed by atoms with E-state index in [4.69, 9.17) is 4.74 Å². The molecule has 1 aromatic rings. The van der Waals surface area contributed by atoms with Gasteiger partial charge >= 0.3 is 6.18 Å². The van der Waals surface area contributed by atoms with E-state index >= 15 is 0 Å². The van der Waals surface area contributed by atoms with Gasteiger partial charge in [-0.05, 0) is 20.8 Å². The van der Waals surface area contributed by atoms with Gasteiger partial charge in [0, 0.05) is 37.8 Å². The summed E-state index contributed by atoms with van der Waals surface area (Å²) in [4.78, 5) is 9.90. The Morgan fingerprint density at radius 3 is 2.42 bits per heavy atom. The topological polar surface area (TPSA) is 62.3 Å². The van der Waals surface area contributed by atoms with Gasteiger partial charge in [-0.3, -0.25) is 4.90 Å². The van der Waals surface area contributed by atoms with Crippen molar-refractivity contribution in [3.63, 3.8) is 0 Å². The molecule has 0 spiro atoms. The Labute approximate surface area is 139 Å². The minimum Gasteiger partial charge on any atom is -0.379 e. The molecule has 2 rings (SSSR count). The number of anilines is 2. The quantitative estimate of drug-likeness (QED) is 0.853. The summed E-state index contributed by atoms with van der Waals surface area (Å²) in [6, 6.07) is 0.938. The maximum absolute atomic E-state index is 13.0. The molecule has 2 N–H and O–H groups in total. The number of morpholine rings is 1. The number of nitrogens with one attached hydrogen (secondary N) is 2. The van der Waals surface area contributed by atoms with Crippen LogP contribution in [0, 0.1) is 0 Å². The van der Waals surface area contributed by atoms with E-state index in [2.05, 4.69) is 25.5 Å². The Bertz CT molecular complexity index is 539. The van der Waals surface area contributed by atoms with Gasteiger partial charge in [0.15, 0.2) is 5.69 Å². The fourth-order valence-electron chi connectivity index (χ4n) is 2.24. The van der Waals surface area contributed by atoms with Crippen molar-refractivity contribution in [3.8, 4) is 0 Å². The van der Waals surface area contributed by atoms with E-state index in [1.54, 1.807) is 0 Å². The van der Waals surface area contributed by atoms with Crippen molar-refractivity contribution in [2.24, 2.45) is 0 Å². The van der Waals surface area contributed by atoms with E-state index in [0.717, 1.165) is 25.7 Å². The van der Waals surface area contributed by atoms with Crippen LogP contribution < -0.4 is 10.6 Å². The molecule has 2 heterocycles. The third-order valence-electron chi connectivity index (χ3n) is 3.34. The number of nitrogens with zero attached hydrogens (tertiary/aromatic N) is 3. The van der Waals surface area contributed by atoms with Crippen LogP contribution in [-0.4, -0.2) is 59.8 Å². The van der Waals surface area contributed by atoms with Crippen molar-refractivity contribution in [1.82, 2.24) is 14.9 Å². The molecule has 6 nitrogen and oxygen atoms in total. The second-order valence-corrected chi connectivity index (χ2v) is 6.72. The van der Waals surface area contributed by atoms with E-state index in [-0.39, 0.29) is 11.8 Å². The van der Waals surface area contributed by atoms with Gasteiger partial charge in [0.05, 0.1) is 13.2 Å². The summed E-state index contributed by atoms with van der Waals surface area (Å²) in [7, 11) is 0. The zero-order chi connectivity index (χ0) is 17.8. The predicted molar refractivity (Wildman–Crippen MR) is 86.2 cm³/mol. The van der Waals surface area contributed by atoms with E-state index in [1.807, 2.05) is 20.8 Å². The predicted octanol–water partition coefficient (Wildman–Crippen LogP) is 2.45. The molecule has 1 fully saturated rings. The Morgan fingerprint density at radius 2 is 1.83 bits per heavy atom. The van der Waals surface area contributed by atoms with Crippen molar-refractivity contribution in [3.05, 3.63) is 11.8 Å². The summed E-state index contributed by atoms with van der Waals surface area (Å²) in [5.74, 6) is 0.128. The van der Waals surface area contributed by atoms with Crippen LogP contribution in [0.4, 0.5) is 24.9 Å². The maximum Gasteiger partial charge on any atom is 0.433 e. The van der Waals surface area contributed by atoms with Crippen molar-refractivity contribution in [2.45, 2.75) is 32.5 Å². The lowest BCUT2D eigenvalue weighted by atomic mass is 10.1. The van der Waals surface area contributed by atoms with Crippen LogP contribution in [0.2, 0.25) is 0 Å². The molecule has 0 aromatic carbocycles. The molecule has 1 aliphatic heterocycles. The largest absolute Gasteiger partial charge is 0.433 e. The summed E-state index contributed by atoms with van der Waals surface area (Å²) in [5, 5.41) is 5.84. The lowest BCUT2D eigenvalue weighted by molar-refractivity contribution is -0.141. The third-order valence-corrected chi connectivity index (χ3v) is 3.34. The highest BCUT2D eigenvalue weighted by molar-refractivity contribution is 5.44. The first kappa shape index (κ1) is 18.7. The molecule has 0 bridgehead atoms. The molecule has 1 saturated heterocycles. The molecule has 0 amide bonds. The average Bonchev–Trinajstić information content (AvgIpc) is 2.45. The summed E-state index contributed by atoms with van der Waals surface area (Å²) >= 11 is 0. The van der Waals surface area contributed by atoms with E-state index in [1.165, 1.54) is 0 Å². The van der Waals surface area contributed by atoms with Gasteiger partial charge in [0.25, 0.3) is 0 Å². The SMILES string of the molecule is CC(C)(C)Nc1nc(NCCN2CCOCC2)cc(C(F)(F)F)n1. The van der Waals surface area contributed by atoms with E-state index in [9.17, 15) is 13.2 Å². The zero-order valence-corrected chi connectivity index (χ0v) is 14.2. The molecule has 0 aliphatic carbocycles. The first-order chi connectivity index (χ1) is 11.1. The lowest BCUT2D eigenvalue weighted by Crippen LogP contribution is -2.39. The maximum atomic E-state index is 13.0. The number of hydrogen-bond acceptors (Lipinski definition) is 6.